The van der Waals surface area contributed by atoms with E-state index in [9.17, 15) is 72.2 Å². The van der Waals surface area contributed by atoms with E-state index in [0.29, 0.717) is 36.0 Å². The second-order valence-corrected chi connectivity index (χ2v) is 16.7. The van der Waals surface area contributed by atoms with Gasteiger partial charge < -0.3 is 21.7 Å². The summed E-state index contributed by atoms with van der Waals surface area (Å²) in [6.45, 7) is 0. The van der Waals surface area contributed by atoms with Crippen molar-refractivity contribution in [2.45, 2.75) is 19.6 Å². The fraction of sp³-hybridized carbons (Fsp3) is 0. The Bertz CT molecular complexity index is 3100. The molecule has 0 aliphatic carbocycles. The van der Waals surface area contributed by atoms with Gasteiger partial charge in [-0.15, -0.1) is 25.6 Å². The summed E-state index contributed by atoms with van der Waals surface area (Å²) in [7, 11) is -21.4. The van der Waals surface area contributed by atoms with Crippen molar-refractivity contribution in [2.75, 3.05) is 11.5 Å². The van der Waals surface area contributed by atoms with Crippen molar-refractivity contribution in [3.8, 4) is 11.5 Å². The molecule has 0 atom stereocenters. The van der Waals surface area contributed by atoms with Gasteiger partial charge in [0.05, 0.1) is 21.7 Å². The maximum absolute atomic E-state index is 12.4. The molecular weight excluding hydrogens is 847 g/mol. The van der Waals surface area contributed by atoms with E-state index >= 15 is 0 Å². The average molecular weight is 868 g/mol. The molecule has 5 rings (SSSR count). The zero-order chi connectivity index (χ0) is 42.4. The molecule has 10 N–H and O–H groups in total. The van der Waals surface area contributed by atoms with Gasteiger partial charge in [-0.05, 0) is 60.0 Å². The van der Waals surface area contributed by atoms with Gasteiger partial charge in [-0.2, -0.15) is 38.8 Å². The van der Waals surface area contributed by atoms with E-state index in [0.717, 1.165) is 18.2 Å². The lowest BCUT2D eigenvalue weighted by Crippen LogP contribution is -2.02. The number of nitrogens with zero attached hydrogens (tertiary/aromatic N) is 7. The zero-order valence-electron chi connectivity index (χ0n) is 27.5. The van der Waals surface area contributed by atoms with E-state index in [1.165, 1.54) is 18.2 Å². The van der Waals surface area contributed by atoms with Crippen molar-refractivity contribution in [2.24, 2.45) is 30.7 Å². The number of hydrogen-bond donors (Lipinski definition) is 8. The molecule has 5 aromatic rings. The molecule has 0 aromatic heterocycles. The largest absolute Gasteiger partial charge is 0.505 e. The van der Waals surface area contributed by atoms with Gasteiger partial charge in [0.25, 0.3) is 46.2 Å². The first kappa shape index (κ1) is 41.6. The minimum atomic E-state index is -5.48. The Morgan fingerprint density at radius 2 is 0.965 bits per heavy atom. The molecule has 0 saturated heterocycles. The molecule has 0 radical (unpaired) electrons. The van der Waals surface area contributed by atoms with Gasteiger partial charge in [-0.1, -0.05) is 0 Å². The molecule has 5 aromatic carbocycles. The van der Waals surface area contributed by atoms with Crippen LogP contribution in [-0.4, -0.2) is 67.0 Å². The molecule has 0 saturated carbocycles. The normalized spacial score (nSPS) is 13.0. The van der Waals surface area contributed by atoms with Crippen LogP contribution in [0.15, 0.2) is 117 Å². The minimum absolute atomic E-state index is 0.107. The Labute approximate surface area is 318 Å². The molecule has 0 heterocycles. The van der Waals surface area contributed by atoms with Crippen molar-refractivity contribution in [1.82, 2.24) is 0 Å². The van der Waals surface area contributed by atoms with Crippen LogP contribution in [-0.2, 0) is 40.5 Å². The summed E-state index contributed by atoms with van der Waals surface area (Å²) in [6, 6.07) is 9.51. The number of benzene rings is 5. The first-order chi connectivity index (χ1) is 26.3. The fourth-order valence-corrected chi connectivity index (χ4v) is 7.39. The highest BCUT2D eigenvalue weighted by atomic mass is 32.2. The van der Waals surface area contributed by atoms with Gasteiger partial charge in [0.2, 0.25) is 0 Å². The number of nitro benzene ring substituents is 1. The number of azo groups is 3. The number of non-ortho nitro benzene ring substituents is 1. The number of nitrogens with two attached hydrogens (primary N) is 2. The molecule has 0 spiro atoms. The monoisotopic (exact) mass is 867 g/mol. The number of anilines is 2. The lowest BCUT2D eigenvalue weighted by molar-refractivity contribution is -0.385. The standard InChI is InChI=1S/C28H21N9O16S4/c29-13-1-4-17(16(30)9-13)32-31-14-2-5-18(20(10-14)54(42,43)44)33-35-25-22(56(48,49)50)7-12-8-23(57(51,52)53)26(28(39)24(12)27(25)38)36-34-19-6-3-15(37(40)41)11-21(19)55(45,46)47/h1-11,38-39H,29-30H2,(H,42,43,44)(H,45,46,47)(H,48,49,50)(H,51,52,53). The number of nitrogen functional groups attached to an aromatic ring is 2. The van der Waals surface area contributed by atoms with Crippen LogP contribution in [0.5, 0.6) is 11.5 Å². The fourth-order valence-electron chi connectivity index (χ4n) is 4.79. The maximum Gasteiger partial charge on any atom is 0.297 e. The number of nitro groups is 1. The Balaban J connectivity index is 1.72. The molecule has 25 nitrogen and oxygen atoms in total. The lowest BCUT2D eigenvalue weighted by Gasteiger charge is -2.13. The maximum atomic E-state index is 12.4. The van der Waals surface area contributed by atoms with E-state index in [2.05, 4.69) is 30.7 Å². The Kier molecular flexibility index (Phi) is 10.8. The van der Waals surface area contributed by atoms with Crippen LogP contribution in [0.3, 0.4) is 0 Å². The smallest absolute Gasteiger partial charge is 0.297 e. The van der Waals surface area contributed by atoms with E-state index in [4.69, 9.17) is 11.5 Å². The van der Waals surface area contributed by atoms with Crippen LogP contribution < -0.4 is 11.5 Å². The van der Waals surface area contributed by atoms with Crippen LogP contribution in [0.25, 0.3) is 10.8 Å². The van der Waals surface area contributed by atoms with Crippen molar-refractivity contribution in [3.63, 3.8) is 0 Å². The number of phenols is 2. The minimum Gasteiger partial charge on any atom is -0.505 e. The van der Waals surface area contributed by atoms with E-state index < -0.39 is 116 Å². The van der Waals surface area contributed by atoms with Crippen LogP contribution in [0.2, 0.25) is 0 Å². The van der Waals surface area contributed by atoms with Gasteiger partial charge in [0.15, 0.2) is 11.5 Å². The molecule has 0 aliphatic rings. The summed E-state index contributed by atoms with van der Waals surface area (Å²) < 4.78 is 137. The van der Waals surface area contributed by atoms with E-state index in [1.54, 1.807) is 0 Å². The summed E-state index contributed by atoms with van der Waals surface area (Å²) in [5.74, 6) is -2.86. The first-order valence-electron chi connectivity index (χ1n) is 14.6. The van der Waals surface area contributed by atoms with E-state index in [1.807, 2.05) is 0 Å². The molecule has 0 unspecified atom stereocenters. The van der Waals surface area contributed by atoms with Gasteiger partial charge in [0, 0.05) is 17.8 Å². The van der Waals surface area contributed by atoms with Crippen LogP contribution in [0.4, 0.5) is 51.2 Å². The molecular formula is C28H21N9O16S4. The van der Waals surface area contributed by atoms with Crippen molar-refractivity contribution in [1.29, 1.82) is 0 Å². The second kappa shape index (κ2) is 14.8. The highest BCUT2D eigenvalue weighted by molar-refractivity contribution is 7.86. The highest BCUT2D eigenvalue weighted by Gasteiger charge is 2.30. The first-order valence-corrected chi connectivity index (χ1v) is 20.3. The van der Waals surface area contributed by atoms with Crippen molar-refractivity contribution in [3.05, 3.63) is 76.8 Å². The predicted octanol–water partition coefficient (Wildman–Crippen LogP) is 5.56. The summed E-state index contributed by atoms with van der Waals surface area (Å²) in [5, 5.41) is 53.4. The van der Waals surface area contributed by atoms with Gasteiger partial charge in [0.1, 0.15) is 48.0 Å². The molecule has 0 amide bonds. The second-order valence-electron chi connectivity index (χ2n) is 11.1. The van der Waals surface area contributed by atoms with Crippen molar-refractivity contribution >= 4 is 102 Å². The molecule has 0 aliphatic heterocycles. The number of phenolic OH excluding ortho intramolecular Hbond substituents is 2. The number of hydrogen-bond acceptors (Lipinski definition) is 20. The van der Waals surface area contributed by atoms with Gasteiger partial charge in [-0.3, -0.25) is 28.3 Å². The van der Waals surface area contributed by atoms with Gasteiger partial charge >= 0.3 is 0 Å². The van der Waals surface area contributed by atoms with Gasteiger partial charge in [-0.25, -0.2) is 0 Å². The summed E-state index contributed by atoms with van der Waals surface area (Å²) in [6.07, 6.45) is 0. The number of fused-ring (bicyclic) bond motifs is 1. The average Bonchev–Trinajstić information content (AvgIpc) is 3.08. The molecule has 29 heteroatoms. The third kappa shape index (κ3) is 8.94. The highest BCUT2D eigenvalue weighted by Crippen LogP contribution is 2.50. The summed E-state index contributed by atoms with van der Waals surface area (Å²) >= 11 is 0. The topological polar surface area (TPSA) is 427 Å². The third-order valence-electron chi connectivity index (χ3n) is 7.30. The Morgan fingerprint density at radius 1 is 0.526 bits per heavy atom. The van der Waals surface area contributed by atoms with E-state index in [-0.39, 0.29) is 17.1 Å². The van der Waals surface area contributed by atoms with Crippen LogP contribution in [0, 0.1) is 10.1 Å². The lowest BCUT2D eigenvalue weighted by atomic mass is 10.1. The Morgan fingerprint density at radius 3 is 1.42 bits per heavy atom. The quantitative estimate of drug-likeness (QED) is 0.0265. The number of rotatable bonds is 11. The van der Waals surface area contributed by atoms with Crippen molar-refractivity contribution < 1.29 is 67.0 Å². The van der Waals surface area contributed by atoms with Crippen LogP contribution >= 0.6 is 0 Å². The predicted molar refractivity (Wildman–Crippen MR) is 194 cm³/mol. The zero-order valence-corrected chi connectivity index (χ0v) is 30.8. The van der Waals surface area contributed by atoms with Crippen LogP contribution in [0.1, 0.15) is 0 Å². The summed E-state index contributed by atoms with van der Waals surface area (Å²) in [4.78, 5) is 5.18. The third-order valence-corrected chi connectivity index (χ3v) is 10.8. The molecule has 57 heavy (non-hydrogen) atoms. The Hall–Kier alpha value is -6.60. The molecule has 0 bridgehead atoms. The number of aromatic hydroxyl groups is 2. The molecule has 0 fully saturated rings. The summed E-state index contributed by atoms with van der Waals surface area (Å²) in [5.41, 5.74) is 6.82. The molecule has 298 valence electrons. The SMILES string of the molecule is Nc1ccc(N=Nc2ccc(N=Nc3c(S(=O)(=O)O)cc4cc(S(=O)(=O)O)c(N=Nc5ccc([N+](=O)[O-])cc5S(=O)(=O)O)c(O)c4c3O)c(S(=O)(=O)O)c2)c(N)c1.